The molecule has 72 valence electrons. The third-order valence-corrected chi connectivity index (χ3v) is 1.58. The van der Waals surface area contributed by atoms with Gasteiger partial charge in [-0.05, 0) is 12.7 Å². The van der Waals surface area contributed by atoms with Gasteiger partial charge in [0, 0.05) is 13.2 Å². The van der Waals surface area contributed by atoms with Gasteiger partial charge in [-0.2, -0.15) is 0 Å². The number of rotatable bonds is 3. The van der Waals surface area contributed by atoms with Gasteiger partial charge >= 0.3 is 5.97 Å². The molecule has 0 aliphatic rings. The minimum absolute atomic E-state index is 0.196. The van der Waals surface area contributed by atoms with Gasteiger partial charge in [-0.1, -0.05) is 0 Å². The molecule has 0 aliphatic heterocycles. The molecule has 0 unspecified atom stereocenters. The van der Waals surface area contributed by atoms with Crippen LogP contribution in [0.2, 0.25) is 0 Å². The molecular formula is C7H9ClN3O2-. The Balaban J connectivity index is 2.87. The quantitative estimate of drug-likeness (QED) is 0.702. The van der Waals surface area contributed by atoms with E-state index < -0.39 is 5.97 Å². The maximum atomic E-state index is 11.2. The van der Waals surface area contributed by atoms with Crippen molar-refractivity contribution in [1.82, 2.24) is 9.55 Å². The molecule has 1 rings (SSSR count). The SMILES string of the molecule is CCOC(=O)c1nc([N-]Cl)cn1C. The molecule has 5 nitrogen and oxygen atoms in total. The molecule has 0 radical (unpaired) electrons. The molecular weight excluding hydrogens is 194 g/mol. The van der Waals surface area contributed by atoms with Crippen molar-refractivity contribution < 1.29 is 9.53 Å². The van der Waals surface area contributed by atoms with E-state index in [-0.39, 0.29) is 5.82 Å². The minimum atomic E-state index is -0.475. The molecule has 0 saturated carbocycles. The van der Waals surface area contributed by atoms with Gasteiger partial charge in [0.2, 0.25) is 0 Å². The molecule has 1 aromatic heterocycles. The molecule has 0 bridgehead atoms. The van der Waals surface area contributed by atoms with Crippen LogP contribution in [-0.4, -0.2) is 22.1 Å². The standard InChI is InChI=1S/C7H9ClN3O2/c1-3-13-7(12)6-9-5(10-8)4-11(6)2/h4H,3H2,1-2H3/q-1. The first-order valence-corrected chi connectivity index (χ1v) is 4.05. The van der Waals surface area contributed by atoms with Crippen molar-refractivity contribution in [1.29, 1.82) is 0 Å². The number of carbonyl (C=O) groups is 1. The molecule has 1 heterocycles. The second kappa shape index (κ2) is 4.13. The second-order valence-electron chi connectivity index (χ2n) is 2.34. The van der Waals surface area contributed by atoms with Gasteiger partial charge in [0.25, 0.3) is 0 Å². The zero-order valence-corrected chi connectivity index (χ0v) is 8.08. The zero-order valence-electron chi connectivity index (χ0n) is 7.32. The molecule has 0 spiro atoms. The summed E-state index contributed by atoms with van der Waals surface area (Å²) in [5.74, 6) is 0.0186. The van der Waals surface area contributed by atoms with E-state index in [2.05, 4.69) is 9.82 Å². The number of carbonyl (C=O) groups excluding carboxylic acids is 1. The smallest absolute Gasteiger partial charge is 0.351 e. The monoisotopic (exact) mass is 202 g/mol. The lowest BCUT2D eigenvalue weighted by atomic mass is 10.6. The summed E-state index contributed by atoms with van der Waals surface area (Å²) >= 11 is 5.19. The van der Waals surface area contributed by atoms with Crippen molar-refractivity contribution in [2.45, 2.75) is 6.92 Å². The number of aromatic nitrogens is 2. The van der Waals surface area contributed by atoms with Gasteiger partial charge in [0.1, 0.15) is 5.82 Å². The predicted molar refractivity (Wildman–Crippen MR) is 48.0 cm³/mol. The van der Waals surface area contributed by atoms with Crippen LogP contribution < -0.4 is 0 Å². The van der Waals surface area contributed by atoms with Crippen LogP contribution in [-0.2, 0) is 11.8 Å². The van der Waals surface area contributed by atoms with E-state index in [1.807, 2.05) is 0 Å². The number of hydrogen-bond acceptors (Lipinski definition) is 3. The Morgan fingerprint density at radius 3 is 3.00 bits per heavy atom. The average Bonchev–Trinajstić information content (AvgIpc) is 2.47. The molecule has 0 saturated heterocycles. The van der Waals surface area contributed by atoms with Gasteiger partial charge in [-0.25, -0.2) is 4.79 Å². The highest BCUT2D eigenvalue weighted by molar-refractivity contribution is 6.28. The van der Waals surface area contributed by atoms with Crippen LogP contribution in [0, 0.1) is 0 Å². The lowest BCUT2D eigenvalue weighted by Crippen LogP contribution is -2.10. The van der Waals surface area contributed by atoms with Crippen LogP contribution in [0.1, 0.15) is 17.5 Å². The van der Waals surface area contributed by atoms with Crippen LogP contribution in [0.5, 0.6) is 0 Å². The summed E-state index contributed by atoms with van der Waals surface area (Å²) in [7, 11) is 1.67. The van der Waals surface area contributed by atoms with E-state index in [0.717, 1.165) is 0 Å². The number of halogens is 1. The second-order valence-corrected chi connectivity index (χ2v) is 2.51. The first-order chi connectivity index (χ1) is 6.19. The summed E-state index contributed by atoms with van der Waals surface area (Å²) in [6.45, 7) is 2.05. The van der Waals surface area contributed by atoms with Crippen LogP contribution in [0.3, 0.4) is 0 Å². The van der Waals surface area contributed by atoms with Gasteiger partial charge in [-0.3, -0.25) is 0 Å². The molecule has 0 N–H and O–H groups in total. The van der Waals surface area contributed by atoms with E-state index in [1.54, 1.807) is 20.2 Å². The largest absolute Gasteiger partial charge is 0.462 e. The number of esters is 1. The highest BCUT2D eigenvalue weighted by Gasteiger charge is 2.07. The molecule has 1 aromatic rings. The van der Waals surface area contributed by atoms with Crippen LogP contribution in [0.4, 0.5) is 5.82 Å². The van der Waals surface area contributed by atoms with Gasteiger partial charge < -0.3 is 19.1 Å². The molecule has 0 amide bonds. The fourth-order valence-corrected chi connectivity index (χ4v) is 0.958. The Hall–Kier alpha value is -1.23. The summed E-state index contributed by atoms with van der Waals surface area (Å²) in [5.41, 5.74) is 0. The van der Waals surface area contributed by atoms with E-state index in [0.29, 0.717) is 12.4 Å². The van der Waals surface area contributed by atoms with Crippen molar-refractivity contribution in [2.75, 3.05) is 6.61 Å². The Labute approximate surface area is 80.8 Å². The predicted octanol–water partition coefficient (Wildman–Crippen LogP) is 1.76. The van der Waals surface area contributed by atoms with E-state index in [1.165, 1.54) is 4.57 Å². The van der Waals surface area contributed by atoms with E-state index in [4.69, 9.17) is 16.5 Å². The number of imidazole rings is 1. The maximum Gasteiger partial charge on any atom is 0.351 e. The van der Waals surface area contributed by atoms with Crippen LogP contribution in [0.15, 0.2) is 6.20 Å². The van der Waals surface area contributed by atoms with Crippen molar-refractivity contribution in [3.05, 3.63) is 16.9 Å². The average molecular weight is 203 g/mol. The highest BCUT2D eigenvalue weighted by atomic mass is 35.5. The van der Waals surface area contributed by atoms with Gasteiger partial charge in [0.05, 0.1) is 6.61 Å². The Kier molecular flexibility index (Phi) is 3.13. The van der Waals surface area contributed by atoms with Crippen molar-refractivity contribution >= 4 is 23.6 Å². The Morgan fingerprint density at radius 2 is 2.54 bits per heavy atom. The van der Waals surface area contributed by atoms with Crippen molar-refractivity contribution in [2.24, 2.45) is 7.05 Å². The van der Waals surface area contributed by atoms with Crippen molar-refractivity contribution in [3.63, 3.8) is 0 Å². The van der Waals surface area contributed by atoms with Crippen molar-refractivity contribution in [3.8, 4) is 0 Å². The summed E-state index contributed by atoms with van der Waals surface area (Å²) in [5, 5.41) is 0. The van der Waals surface area contributed by atoms with E-state index in [9.17, 15) is 4.79 Å². The first-order valence-electron chi connectivity index (χ1n) is 3.71. The number of ether oxygens (including phenoxy) is 1. The lowest BCUT2D eigenvalue weighted by molar-refractivity contribution is 0.0508. The molecule has 0 aliphatic carbocycles. The Bertz CT molecular complexity index is 311. The maximum absolute atomic E-state index is 11.2. The minimum Gasteiger partial charge on any atom is -0.462 e. The first kappa shape index (κ1) is 9.85. The Morgan fingerprint density at radius 1 is 1.85 bits per heavy atom. The zero-order chi connectivity index (χ0) is 9.84. The lowest BCUT2D eigenvalue weighted by Gasteiger charge is -2.04. The normalized spacial score (nSPS) is 9.77. The number of aryl methyl sites for hydroxylation is 1. The third-order valence-electron chi connectivity index (χ3n) is 1.41. The van der Waals surface area contributed by atoms with E-state index >= 15 is 0 Å². The topological polar surface area (TPSA) is 58.2 Å². The van der Waals surface area contributed by atoms with Gasteiger partial charge in [-0.15, -0.1) is 11.8 Å². The van der Waals surface area contributed by atoms with Crippen LogP contribution in [0.25, 0.3) is 4.84 Å². The summed E-state index contributed by atoms with van der Waals surface area (Å²) in [6.07, 6.45) is 1.54. The van der Waals surface area contributed by atoms with Crippen LogP contribution >= 0.6 is 11.8 Å². The molecule has 6 heteroatoms. The fourth-order valence-electron chi connectivity index (χ4n) is 0.877. The molecule has 0 atom stereocenters. The van der Waals surface area contributed by atoms with Gasteiger partial charge in [0.15, 0.2) is 0 Å². The summed E-state index contributed by atoms with van der Waals surface area (Å²) < 4.78 is 6.27. The summed E-state index contributed by atoms with van der Waals surface area (Å²) in [6, 6.07) is 0. The highest BCUT2D eigenvalue weighted by Crippen LogP contribution is 2.18. The fraction of sp³-hybridized carbons (Fsp3) is 0.429. The summed E-state index contributed by atoms with van der Waals surface area (Å²) in [4.78, 5) is 18.4. The number of hydrogen-bond donors (Lipinski definition) is 0. The number of nitrogens with zero attached hydrogens (tertiary/aromatic N) is 3. The molecule has 0 aromatic carbocycles. The third kappa shape index (κ3) is 2.12. The molecule has 0 fully saturated rings. The molecule has 13 heavy (non-hydrogen) atoms.